The summed E-state index contributed by atoms with van der Waals surface area (Å²) >= 11 is 0. The Morgan fingerprint density at radius 1 is 1.07 bits per heavy atom. The van der Waals surface area contributed by atoms with Gasteiger partial charge in [-0.25, -0.2) is 15.0 Å². The summed E-state index contributed by atoms with van der Waals surface area (Å²) in [4.78, 5) is 12.0. The summed E-state index contributed by atoms with van der Waals surface area (Å²) in [5.41, 5.74) is 0. The monoisotopic (exact) mass is 187 g/mol. The van der Waals surface area contributed by atoms with E-state index in [0.29, 0.717) is 11.6 Å². The van der Waals surface area contributed by atoms with E-state index in [2.05, 4.69) is 15.0 Å². The number of rotatable bonds is 2. The Hall–Kier alpha value is -1.97. The van der Waals surface area contributed by atoms with Crippen molar-refractivity contribution in [1.82, 2.24) is 15.0 Å². The quantitative estimate of drug-likeness (QED) is 0.721. The first-order valence-corrected chi connectivity index (χ1v) is 4.22. The van der Waals surface area contributed by atoms with Gasteiger partial charge in [0.25, 0.3) is 0 Å². The fraction of sp³-hybridized carbons (Fsp3) is 0.100. The van der Waals surface area contributed by atoms with E-state index in [-0.39, 0.29) is 0 Å². The highest BCUT2D eigenvalue weighted by Gasteiger charge is 1.97. The van der Waals surface area contributed by atoms with Gasteiger partial charge in [-0.1, -0.05) is 6.07 Å². The lowest BCUT2D eigenvalue weighted by Gasteiger charge is -2.02. The largest absolute Gasteiger partial charge is 0.436 e. The summed E-state index contributed by atoms with van der Waals surface area (Å²) in [7, 11) is 0. The molecule has 0 saturated heterocycles. The Labute approximate surface area is 81.6 Å². The minimum absolute atomic E-state index is 0.542. The molecule has 4 nitrogen and oxygen atoms in total. The molecule has 0 unspecified atom stereocenters. The highest BCUT2D eigenvalue weighted by atomic mass is 16.5. The van der Waals surface area contributed by atoms with E-state index in [9.17, 15) is 0 Å². The Bertz CT molecular complexity index is 399. The zero-order valence-electron chi connectivity index (χ0n) is 7.71. The van der Waals surface area contributed by atoms with Crippen molar-refractivity contribution in [3.05, 3.63) is 42.6 Å². The zero-order valence-corrected chi connectivity index (χ0v) is 7.71. The highest BCUT2D eigenvalue weighted by Crippen LogP contribution is 2.15. The molecule has 0 aliphatic heterocycles. The SMILES string of the molecule is Cc1ncc(Oc2ccccn2)cn1. The number of aromatic nitrogens is 3. The maximum atomic E-state index is 5.40. The molecule has 14 heavy (non-hydrogen) atoms. The van der Waals surface area contributed by atoms with Crippen molar-refractivity contribution in [2.45, 2.75) is 6.92 Å². The number of nitrogens with zero attached hydrogens (tertiary/aromatic N) is 3. The maximum absolute atomic E-state index is 5.40. The van der Waals surface area contributed by atoms with E-state index in [1.807, 2.05) is 19.1 Å². The first-order valence-electron chi connectivity index (χ1n) is 4.22. The summed E-state index contributed by atoms with van der Waals surface area (Å²) < 4.78 is 5.40. The standard InChI is InChI=1S/C10H9N3O/c1-8-12-6-9(7-13-8)14-10-4-2-3-5-11-10/h2-7H,1H3. The Balaban J connectivity index is 2.16. The second kappa shape index (κ2) is 3.83. The third-order valence-corrected chi connectivity index (χ3v) is 1.62. The van der Waals surface area contributed by atoms with Crippen molar-refractivity contribution in [2.75, 3.05) is 0 Å². The number of hydrogen-bond donors (Lipinski definition) is 0. The fourth-order valence-corrected chi connectivity index (χ4v) is 0.962. The van der Waals surface area contributed by atoms with E-state index < -0.39 is 0 Å². The van der Waals surface area contributed by atoms with Crippen LogP contribution in [0, 0.1) is 6.92 Å². The van der Waals surface area contributed by atoms with Crippen LogP contribution in [0.4, 0.5) is 0 Å². The van der Waals surface area contributed by atoms with Gasteiger partial charge in [-0.05, 0) is 13.0 Å². The molecule has 2 aromatic rings. The fourth-order valence-electron chi connectivity index (χ4n) is 0.962. The second-order valence-corrected chi connectivity index (χ2v) is 2.74. The van der Waals surface area contributed by atoms with Gasteiger partial charge < -0.3 is 4.74 Å². The minimum atomic E-state index is 0.542. The molecule has 0 aromatic carbocycles. The zero-order chi connectivity index (χ0) is 9.80. The van der Waals surface area contributed by atoms with Crippen molar-refractivity contribution in [2.24, 2.45) is 0 Å². The molecule has 0 aliphatic carbocycles. The van der Waals surface area contributed by atoms with E-state index in [1.165, 1.54) is 0 Å². The van der Waals surface area contributed by atoms with E-state index in [4.69, 9.17) is 4.74 Å². The molecule has 0 atom stereocenters. The molecule has 0 radical (unpaired) electrons. The number of pyridine rings is 1. The van der Waals surface area contributed by atoms with Crippen LogP contribution in [0.1, 0.15) is 5.82 Å². The first-order chi connectivity index (χ1) is 6.84. The molecule has 0 amide bonds. The summed E-state index contributed by atoms with van der Waals surface area (Å²) in [6.07, 6.45) is 4.92. The molecule has 0 N–H and O–H groups in total. The highest BCUT2D eigenvalue weighted by molar-refractivity contribution is 5.20. The van der Waals surface area contributed by atoms with Crippen LogP contribution in [0.5, 0.6) is 11.6 Å². The van der Waals surface area contributed by atoms with Gasteiger partial charge in [0, 0.05) is 12.3 Å². The molecule has 70 valence electrons. The van der Waals surface area contributed by atoms with Crippen LogP contribution in [-0.2, 0) is 0 Å². The second-order valence-electron chi connectivity index (χ2n) is 2.74. The smallest absolute Gasteiger partial charge is 0.219 e. The van der Waals surface area contributed by atoms with Gasteiger partial charge in [-0.3, -0.25) is 0 Å². The first kappa shape index (κ1) is 8.62. The Morgan fingerprint density at radius 3 is 2.50 bits per heavy atom. The van der Waals surface area contributed by atoms with Gasteiger partial charge in [0.1, 0.15) is 5.82 Å². The van der Waals surface area contributed by atoms with Crippen molar-refractivity contribution in [3.63, 3.8) is 0 Å². The van der Waals surface area contributed by atoms with Gasteiger partial charge in [-0.15, -0.1) is 0 Å². The van der Waals surface area contributed by atoms with Gasteiger partial charge in [-0.2, -0.15) is 0 Å². The van der Waals surface area contributed by atoms with Crippen LogP contribution in [-0.4, -0.2) is 15.0 Å². The van der Waals surface area contributed by atoms with Crippen LogP contribution in [0.3, 0.4) is 0 Å². The lowest BCUT2D eigenvalue weighted by molar-refractivity contribution is 0.457. The van der Waals surface area contributed by atoms with E-state index >= 15 is 0 Å². The molecule has 0 spiro atoms. The van der Waals surface area contributed by atoms with Crippen molar-refractivity contribution >= 4 is 0 Å². The number of ether oxygens (including phenoxy) is 1. The van der Waals surface area contributed by atoms with Crippen LogP contribution in [0.15, 0.2) is 36.8 Å². The minimum Gasteiger partial charge on any atom is -0.436 e. The van der Waals surface area contributed by atoms with Gasteiger partial charge in [0.05, 0.1) is 12.4 Å². The molecule has 2 heterocycles. The van der Waals surface area contributed by atoms with Crippen LogP contribution < -0.4 is 4.74 Å². The summed E-state index contributed by atoms with van der Waals surface area (Å²) in [5, 5.41) is 0. The predicted octanol–water partition coefficient (Wildman–Crippen LogP) is 1.97. The molecular formula is C10H9N3O. The topological polar surface area (TPSA) is 47.9 Å². The molecule has 2 rings (SSSR count). The van der Waals surface area contributed by atoms with Gasteiger partial charge in [0.2, 0.25) is 5.88 Å². The molecule has 4 heteroatoms. The average molecular weight is 187 g/mol. The third-order valence-electron chi connectivity index (χ3n) is 1.62. The van der Waals surface area contributed by atoms with Gasteiger partial charge in [0.15, 0.2) is 5.75 Å². The number of aryl methyl sites for hydroxylation is 1. The van der Waals surface area contributed by atoms with E-state index in [0.717, 1.165) is 5.82 Å². The summed E-state index contributed by atoms with van der Waals surface area (Å²) in [6.45, 7) is 1.82. The maximum Gasteiger partial charge on any atom is 0.219 e. The van der Waals surface area contributed by atoms with Gasteiger partial charge >= 0.3 is 0 Å². The Morgan fingerprint density at radius 2 is 1.86 bits per heavy atom. The average Bonchev–Trinajstić information content (AvgIpc) is 2.23. The molecule has 0 bridgehead atoms. The molecular weight excluding hydrogens is 178 g/mol. The molecule has 0 saturated carbocycles. The molecule has 0 aliphatic rings. The molecule has 2 aromatic heterocycles. The summed E-state index contributed by atoms with van der Waals surface area (Å²) in [6, 6.07) is 5.47. The third kappa shape index (κ3) is 2.04. The number of hydrogen-bond acceptors (Lipinski definition) is 4. The normalized spacial score (nSPS) is 9.79. The van der Waals surface area contributed by atoms with Crippen LogP contribution >= 0.6 is 0 Å². The summed E-state index contributed by atoms with van der Waals surface area (Å²) in [5.74, 6) is 1.85. The van der Waals surface area contributed by atoms with Crippen molar-refractivity contribution in [3.8, 4) is 11.6 Å². The Kier molecular flexibility index (Phi) is 2.36. The van der Waals surface area contributed by atoms with Crippen LogP contribution in [0.2, 0.25) is 0 Å². The van der Waals surface area contributed by atoms with E-state index in [1.54, 1.807) is 24.7 Å². The molecule has 0 fully saturated rings. The lowest BCUT2D eigenvalue weighted by atomic mass is 10.5. The van der Waals surface area contributed by atoms with Crippen molar-refractivity contribution < 1.29 is 4.74 Å². The van der Waals surface area contributed by atoms with Crippen LogP contribution in [0.25, 0.3) is 0 Å². The van der Waals surface area contributed by atoms with Crippen molar-refractivity contribution in [1.29, 1.82) is 0 Å². The lowest BCUT2D eigenvalue weighted by Crippen LogP contribution is -1.90. The predicted molar refractivity (Wildman–Crippen MR) is 51.1 cm³/mol.